The molecule has 0 bridgehead atoms. The monoisotopic (exact) mass is 411 g/mol. The maximum Gasteiger partial charge on any atom is 0.264 e. The molecule has 0 aliphatic carbocycles. The normalized spacial score (nSPS) is 17.3. The van der Waals surface area contributed by atoms with Crippen molar-refractivity contribution in [3.63, 3.8) is 0 Å². The van der Waals surface area contributed by atoms with Crippen molar-refractivity contribution >= 4 is 35.1 Å². The second kappa shape index (κ2) is 8.88. The van der Waals surface area contributed by atoms with Gasteiger partial charge in [-0.25, -0.2) is 4.31 Å². The van der Waals surface area contributed by atoms with Crippen molar-refractivity contribution < 1.29 is 14.3 Å². The van der Waals surface area contributed by atoms with Crippen LogP contribution < -0.4 is 15.0 Å². The second-order valence-corrected chi connectivity index (χ2v) is 8.51. The van der Waals surface area contributed by atoms with Crippen molar-refractivity contribution in [2.75, 3.05) is 37.0 Å². The standard InChI is InChI=1S/C22H25N3O3S/c1-24-19-14-16(6-11-20(19)28-15-21(24)26)22(27)23-17-7-9-18(10-8-17)29-25-12-4-2-3-5-13-25/h6-11,14H,2-5,12-13,15H2,1H3,(H,23,27). The van der Waals surface area contributed by atoms with Crippen LogP contribution in [0.3, 0.4) is 0 Å². The van der Waals surface area contributed by atoms with E-state index in [0.29, 0.717) is 17.0 Å². The lowest BCUT2D eigenvalue weighted by molar-refractivity contribution is -0.120. The zero-order valence-corrected chi connectivity index (χ0v) is 17.3. The van der Waals surface area contributed by atoms with Gasteiger partial charge < -0.3 is 15.0 Å². The highest BCUT2D eigenvalue weighted by Crippen LogP contribution is 2.32. The Morgan fingerprint density at radius 3 is 2.48 bits per heavy atom. The molecule has 1 fully saturated rings. The number of benzene rings is 2. The lowest BCUT2D eigenvalue weighted by Gasteiger charge is -2.26. The highest BCUT2D eigenvalue weighted by atomic mass is 32.2. The van der Waals surface area contributed by atoms with Gasteiger partial charge in [-0.2, -0.15) is 0 Å². The molecule has 1 saturated heterocycles. The Kier molecular flexibility index (Phi) is 6.06. The van der Waals surface area contributed by atoms with Crippen molar-refractivity contribution in [2.24, 2.45) is 0 Å². The molecular formula is C22H25N3O3S. The summed E-state index contributed by atoms with van der Waals surface area (Å²) in [5, 5.41) is 2.93. The number of amides is 2. The van der Waals surface area contributed by atoms with Crippen LogP contribution in [-0.4, -0.2) is 42.9 Å². The largest absolute Gasteiger partial charge is 0.482 e. The van der Waals surface area contributed by atoms with Gasteiger partial charge in [-0.3, -0.25) is 9.59 Å². The van der Waals surface area contributed by atoms with Crippen LogP contribution in [0.2, 0.25) is 0 Å². The summed E-state index contributed by atoms with van der Waals surface area (Å²) in [7, 11) is 1.69. The van der Waals surface area contributed by atoms with Gasteiger partial charge in [-0.15, -0.1) is 0 Å². The number of nitrogens with one attached hydrogen (secondary N) is 1. The molecule has 1 N–H and O–H groups in total. The molecule has 2 amide bonds. The molecule has 2 aromatic carbocycles. The number of carbonyl (C=O) groups is 2. The highest BCUT2D eigenvalue weighted by molar-refractivity contribution is 7.97. The zero-order valence-electron chi connectivity index (χ0n) is 16.5. The van der Waals surface area contributed by atoms with Crippen molar-refractivity contribution in [1.29, 1.82) is 0 Å². The lowest BCUT2D eigenvalue weighted by atomic mass is 10.1. The van der Waals surface area contributed by atoms with E-state index in [1.54, 1.807) is 37.2 Å². The van der Waals surface area contributed by atoms with Gasteiger partial charge in [0, 0.05) is 36.3 Å². The molecule has 2 aliphatic heterocycles. The average Bonchev–Trinajstić information content (AvgIpc) is 3.01. The summed E-state index contributed by atoms with van der Waals surface area (Å²) in [6.45, 7) is 2.28. The van der Waals surface area contributed by atoms with Gasteiger partial charge in [0.2, 0.25) is 0 Å². The van der Waals surface area contributed by atoms with Crippen molar-refractivity contribution in [3.8, 4) is 5.75 Å². The molecule has 152 valence electrons. The van der Waals surface area contributed by atoms with E-state index in [9.17, 15) is 9.59 Å². The number of hydrogen-bond acceptors (Lipinski definition) is 5. The third-order valence-electron chi connectivity index (χ3n) is 5.22. The first-order valence-corrected chi connectivity index (χ1v) is 10.8. The summed E-state index contributed by atoms with van der Waals surface area (Å²) in [6.07, 6.45) is 5.16. The smallest absolute Gasteiger partial charge is 0.264 e. The summed E-state index contributed by atoms with van der Waals surface area (Å²) in [5.41, 5.74) is 1.84. The number of carbonyl (C=O) groups excluding carboxylic acids is 2. The van der Waals surface area contributed by atoms with Crippen LogP contribution in [-0.2, 0) is 4.79 Å². The van der Waals surface area contributed by atoms with Gasteiger partial charge >= 0.3 is 0 Å². The Labute approximate surface area is 175 Å². The number of hydrogen-bond donors (Lipinski definition) is 1. The summed E-state index contributed by atoms with van der Waals surface area (Å²) < 4.78 is 7.84. The van der Waals surface area contributed by atoms with Gasteiger partial charge in [0.15, 0.2) is 6.61 Å². The topological polar surface area (TPSA) is 61.9 Å². The van der Waals surface area contributed by atoms with Crippen LogP contribution in [0.1, 0.15) is 36.0 Å². The van der Waals surface area contributed by atoms with E-state index in [4.69, 9.17) is 4.74 Å². The molecule has 2 aliphatic rings. The van der Waals surface area contributed by atoms with Gasteiger partial charge in [0.25, 0.3) is 11.8 Å². The van der Waals surface area contributed by atoms with E-state index in [-0.39, 0.29) is 18.4 Å². The Balaban J connectivity index is 1.40. The SMILES string of the molecule is CN1C(=O)COc2ccc(C(=O)Nc3ccc(SN4CCCCCC4)cc3)cc21. The number of anilines is 2. The molecule has 2 heterocycles. The Bertz CT molecular complexity index is 893. The minimum atomic E-state index is -0.216. The van der Waals surface area contributed by atoms with E-state index in [0.717, 1.165) is 18.8 Å². The van der Waals surface area contributed by atoms with E-state index in [1.807, 2.05) is 24.3 Å². The number of likely N-dealkylation sites (N-methyl/N-ethyl adjacent to an activating group) is 1. The summed E-state index contributed by atoms with van der Waals surface area (Å²) in [4.78, 5) is 27.2. The molecule has 29 heavy (non-hydrogen) atoms. The number of fused-ring (bicyclic) bond motifs is 1. The molecular weight excluding hydrogens is 386 g/mol. The first-order chi connectivity index (χ1) is 14.1. The Morgan fingerprint density at radius 2 is 1.76 bits per heavy atom. The molecule has 0 atom stereocenters. The van der Waals surface area contributed by atoms with Crippen LogP contribution in [0.25, 0.3) is 0 Å². The van der Waals surface area contributed by atoms with Crippen LogP contribution in [0.15, 0.2) is 47.4 Å². The molecule has 0 radical (unpaired) electrons. The highest BCUT2D eigenvalue weighted by Gasteiger charge is 2.23. The fourth-order valence-electron chi connectivity index (χ4n) is 3.50. The molecule has 0 aromatic heterocycles. The quantitative estimate of drug-likeness (QED) is 0.765. The number of ether oxygens (including phenoxy) is 1. The maximum absolute atomic E-state index is 12.7. The van der Waals surface area contributed by atoms with E-state index in [1.165, 1.54) is 35.5 Å². The molecule has 2 aromatic rings. The van der Waals surface area contributed by atoms with Crippen LogP contribution in [0.5, 0.6) is 5.75 Å². The second-order valence-electron chi connectivity index (χ2n) is 7.34. The van der Waals surface area contributed by atoms with E-state index < -0.39 is 0 Å². The molecule has 0 unspecified atom stereocenters. The predicted molar refractivity (Wildman–Crippen MR) is 116 cm³/mol. The van der Waals surface area contributed by atoms with Crippen LogP contribution >= 0.6 is 11.9 Å². The summed E-state index contributed by atoms with van der Waals surface area (Å²) in [5.74, 6) is 0.262. The summed E-state index contributed by atoms with van der Waals surface area (Å²) >= 11 is 1.79. The van der Waals surface area contributed by atoms with Gasteiger partial charge in [-0.1, -0.05) is 12.8 Å². The van der Waals surface area contributed by atoms with Gasteiger partial charge in [0.05, 0.1) is 5.69 Å². The number of nitrogens with zero attached hydrogens (tertiary/aromatic N) is 2. The predicted octanol–water partition coefficient (Wildman–Crippen LogP) is 4.18. The molecule has 0 saturated carbocycles. The van der Waals surface area contributed by atoms with Crippen LogP contribution in [0, 0.1) is 0 Å². The third kappa shape index (κ3) is 4.74. The zero-order chi connectivity index (χ0) is 20.2. The minimum absolute atomic E-state index is 0.0246. The van der Waals surface area contributed by atoms with Crippen molar-refractivity contribution in [2.45, 2.75) is 30.6 Å². The number of rotatable bonds is 4. The Hall–Kier alpha value is -2.51. The van der Waals surface area contributed by atoms with Gasteiger partial charge in [0.1, 0.15) is 5.75 Å². The van der Waals surface area contributed by atoms with E-state index >= 15 is 0 Å². The first kappa shape index (κ1) is 19.8. The minimum Gasteiger partial charge on any atom is -0.482 e. The molecule has 4 rings (SSSR count). The fraction of sp³-hybridized carbons (Fsp3) is 0.364. The average molecular weight is 412 g/mol. The van der Waals surface area contributed by atoms with Crippen LogP contribution in [0.4, 0.5) is 11.4 Å². The fourth-order valence-corrected chi connectivity index (χ4v) is 4.49. The third-order valence-corrected chi connectivity index (χ3v) is 6.33. The maximum atomic E-state index is 12.7. The van der Waals surface area contributed by atoms with Crippen molar-refractivity contribution in [1.82, 2.24) is 4.31 Å². The van der Waals surface area contributed by atoms with E-state index in [2.05, 4.69) is 9.62 Å². The first-order valence-electron chi connectivity index (χ1n) is 9.98. The van der Waals surface area contributed by atoms with Crippen molar-refractivity contribution in [3.05, 3.63) is 48.0 Å². The lowest BCUT2D eigenvalue weighted by Crippen LogP contribution is -2.35. The molecule has 7 heteroatoms. The Morgan fingerprint density at radius 1 is 1.03 bits per heavy atom. The summed E-state index contributed by atoms with van der Waals surface area (Å²) in [6, 6.07) is 13.1. The molecule has 0 spiro atoms. The van der Waals surface area contributed by atoms with Gasteiger partial charge in [-0.05, 0) is 67.3 Å². The molecule has 6 nitrogen and oxygen atoms in total.